The molecule has 0 radical (unpaired) electrons. The molecule has 2 fully saturated rings. The fourth-order valence-corrected chi connectivity index (χ4v) is 3.90. The van der Waals surface area contributed by atoms with Gasteiger partial charge in [0.2, 0.25) is 5.91 Å². The maximum atomic E-state index is 12.7. The molecule has 7 heteroatoms. The lowest BCUT2D eigenvalue weighted by Crippen LogP contribution is -2.46. The van der Waals surface area contributed by atoms with Crippen molar-refractivity contribution in [2.75, 3.05) is 24.6 Å². The number of hydrogen-bond acceptors (Lipinski definition) is 4. The zero-order valence-corrected chi connectivity index (χ0v) is 13.5. The van der Waals surface area contributed by atoms with E-state index >= 15 is 0 Å². The summed E-state index contributed by atoms with van der Waals surface area (Å²) in [6, 6.07) is 4.59. The molecule has 3 rings (SSSR count). The van der Waals surface area contributed by atoms with E-state index in [-0.39, 0.29) is 24.6 Å². The van der Waals surface area contributed by atoms with Crippen molar-refractivity contribution >= 4 is 34.8 Å². The molecule has 2 aliphatic heterocycles. The molecule has 2 aliphatic rings. The van der Waals surface area contributed by atoms with Gasteiger partial charge in [0.05, 0.1) is 29.5 Å². The number of nitrogens with zero attached hydrogens (tertiary/aromatic N) is 2. The second-order valence-corrected chi connectivity index (χ2v) is 6.66. The van der Waals surface area contributed by atoms with Crippen LogP contribution in [0.1, 0.15) is 12.8 Å². The third-order valence-electron chi connectivity index (χ3n) is 4.42. The molecule has 0 unspecified atom stereocenters. The molecule has 0 spiro atoms. The van der Waals surface area contributed by atoms with Crippen molar-refractivity contribution in [2.24, 2.45) is 0 Å². The first-order valence-electron chi connectivity index (χ1n) is 7.32. The number of hydrogen-bond donors (Lipinski definition) is 2. The third kappa shape index (κ3) is 2.84. The normalized spacial score (nSPS) is 29.5. The number of β-amino-alcohol motifs (C(OH)–C–C–N with tert-alkyl or cyclic N) is 1. The van der Waals surface area contributed by atoms with Gasteiger partial charge >= 0.3 is 0 Å². The number of aliphatic hydroxyl groups excluding tert-OH is 2. The minimum Gasteiger partial charge on any atom is -0.395 e. The summed E-state index contributed by atoms with van der Waals surface area (Å²) in [7, 11) is 0. The minimum atomic E-state index is -0.488. The Kier molecular flexibility index (Phi) is 4.61. The summed E-state index contributed by atoms with van der Waals surface area (Å²) in [5.41, 5.74) is 0.652. The molecular formula is C15H18Cl2N2O3. The molecule has 0 aromatic heterocycles. The van der Waals surface area contributed by atoms with Crippen LogP contribution in [0.5, 0.6) is 0 Å². The number of benzene rings is 1. The van der Waals surface area contributed by atoms with Crippen molar-refractivity contribution in [3.8, 4) is 0 Å². The summed E-state index contributed by atoms with van der Waals surface area (Å²) in [5.74, 6) is -0.0447. The topological polar surface area (TPSA) is 64.0 Å². The van der Waals surface area contributed by atoms with Crippen LogP contribution in [0, 0.1) is 0 Å². The van der Waals surface area contributed by atoms with Crippen LogP contribution < -0.4 is 4.90 Å². The smallest absolute Gasteiger partial charge is 0.244 e. The Labute approximate surface area is 139 Å². The van der Waals surface area contributed by atoms with Crippen LogP contribution in [0.2, 0.25) is 10.0 Å². The molecule has 3 atom stereocenters. The van der Waals surface area contributed by atoms with E-state index < -0.39 is 6.10 Å². The zero-order valence-electron chi connectivity index (χ0n) is 12.0. The van der Waals surface area contributed by atoms with Gasteiger partial charge in [-0.05, 0) is 31.0 Å². The number of anilines is 1. The predicted octanol–water partition coefficient (Wildman–Crippen LogP) is 1.53. The first kappa shape index (κ1) is 16.0. The second-order valence-electron chi connectivity index (χ2n) is 5.81. The Morgan fingerprint density at radius 2 is 2.09 bits per heavy atom. The zero-order chi connectivity index (χ0) is 15.9. The summed E-state index contributed by atoms with van der Waals surface area (Å²) >= 11 is 12.1. The van der Waals surface area contributed by atoms with Crippen LogP contribution in [0.15, 0.2) is 18.2 Å². The van der Waals surface area contributed by atoms with Crippen LogP contribution >= 0.6 is 23.2 Å². The molecule has 5 nitrogen and oxygen atoms in total. The van der Waals surface area contributed by atoms with Crippen LogP contribution in [0.3, 0.4) is 0 Å². The van der Waals surface area contributed by atoms with Gasteiger partial charge < -0.3 is 15.1 Å². The first-order valence-corrected chi connectivity index (χ1v) is 8.08. The van der Waals surface area contributed by atoms with E-state index in [0.29, 0.717) is 41.7 Å². The standard InChI is InChI=1S/C15H18Cl2N2O3/c16-9-1-2-13(12(17)5-9)18-4-3-14(15(18)22)19-7-11(21)6-10(19)8-20/h1-2,5,10-11,14,20-21H,3-4,6-8H2/t10-,11-,14-/m1/s1. The van der Waals surface area contributed by atoms with E-state index in [1.54, 1.807) is 23.1 Å². The van der Waals surface area contributed by atoms with Gasteiger partial charge in [0.15, 0.2) is 0 Å². The molecule has 1 amide bonds. The maximum absolute atomic E-state index is 12.7. The van der Waals surface area contributed by atoms with Crippen molar-refractivity contribution in [2.45, 2.75) is 31.0 Å². The molecule has 2 saturated heterocycles. The molecule has 120 valence electrons. The Bertz CT molecular complexity index is 584. The van der Waals surface area contributed by atoms with Crippen molar-refractivity contribution in [1.29, 1.82) is 0 Å². The number of carbonyl (C=O) groups is 1. The van der Waals surface area contributed by atoms with Crippen LogP contribution in [-0.2, 0) is 4.79 Å². The summed E-state index contributed by atoms with van der Waals surface area (Å²) < 4.78 is 0. The lowest BCUT2D eigenvalue weighted by Gasteiger charge is -2.28. The second kappa shape index (κ2) is 6.34. The number of likely N-dealkylation sites (tertiary alicyclic amines) is 1. The minimum absolute atomic E-state index is 0.0447. The van der Waals surface area contributed by atoms with E-state index in [2.05, 4.69) is 0 Å². The number of rotatable bonds is 3. The van der Waals surface area contributed by atoms with Gasteiger partial charge in [0, 0.05) is 24.2 Å². The van der Waals surface area contributed by atoms with E-state index in [4.69, 9.17) is 23.2 Å². The van der Waals surface area contributed by atoms with Gasteiger partial charge in [-0.2, -0.15) is 0 Å². The molecule has 1 aromatic carbocycles. The van der Waals surface area contributed by atoms with Gasteiger partial charge in [-0.3, -0.25) is 9.69 Å². The summed E-state index contributed by atoms with van der Waals surface area (Å²) in [5, 5.41) is 20.2. The van der Waals surface area contributed by atoms with Gasteiger partial charge in [0.25, 0.3) is 0 Å². The lowest BCUT2D eigenvalue weighted by atomic mass is 10.1. The van der Waals surface area contributed by atoms with Gasteiger partial charge in [-0.25, -0.2) is 0 Å². The third-order valence-corrected chi connectivity index (χ3v) is 4.96. The van der Waals surface area contributed by atoms with E-state index in [1.807, 2.05) is 4.90 Å². The highest BCUT2D eigenvalue weighted by Crippen LogP contribution is 2.34. The SMILES string of the molecule is O=C1[C@H](N2C[C@H](O)C[C@@H]2CO)CCN1c1ccc(Cl)cc1Cl. The fourth-order valence-electron chi connectivity index (χ4n) is 3.39. The number of amides is 1. The fraction of sp³-hybridized carbons (Fsp3) is 0.533. The highest BCUT2D eigenvalue weighted by atomic mass is 35.5. The molecule has 2 heterocycles. The molecule has 0 aliphatic carbocycles. The average Bonchev–Trinajstić information content (AvgIpc) is 3.02. The molecule has 22 heavy (non-hydrogen) atoms. The van der Waals surface area contributed by atoms with Gasteiger partial charge in [-0.15, -0.1) is 0 Å². The van der Waals surface area contributed by atoms with Crippen LogP contribution in [-0.4, -0.2) is 58.9 Å². The molecule has 0 bridgehead atoms. The first-order chi connectivity index (χ1) is 10.5. The maximum Gasteiger partial charge on any atom is 0.244 e. The van der Waals surface area contributed by atoms with E-state index in [1.165, 1.54) is 0 Å². The van der Waals surface area contributed by atoms with Crippen LogP contribution in [0.25, 0.3) is 0 Å². The van der Waals surface area contributed by atoms with E-state index in [9.17, 15) is 15.0 Å². The van der Waals surface area contributed by atoms with Gasteiger partial charge in [0.1, 0.15) is 0 Å². The largest absolute Gasteiger partial charge is 0.395 e. The quantitative estimate of drug-likeness (QED) is 0.872. The van der Waals surface area contributed by atoms with Crippen LogP contribution in [0.4, 0.5) is 5.69 Å². The summed E-state index contributed by atoms with van der Waals surface area (Å²) in [6.07, 6.45) is 0.668. The highest BCUT2D eigenvalue weighted by Gasteiger charge is 2.43. The van der Waals surface area contributed by atoms with Crippen molar-refractivity contribution in [1.82, 2.24) is 4.90 Å². The number of halogens is 2. The lowest BCUT2D eigenvalue weighted by molar-refractivity contribution is -0.122. The molecule has 1 aromatic rings. The predicted molar refractivity (Wildman–Crippen MR) is 85.4 cm³/mol. The Morgan fingerprint density at radius 1 is 1.32 bits per heavy atom. The highest BCUT2D eigenvalue weighted by molar-refractivity contribution is 6.36. The number of aliphatic hydroxyl groups is 2. The van der Waals surface area contributed by atoms with E-state index in [0.717, 1.165) is 0 Å². The molecule has 2 N–H and O–H groups in total. The number of carbonyl (C=O) groups excluding carboxylic acids is 1. The monoisotopic (exact) mass is 344 g/mol. The Balaban J connectivity index is 1.80. The van der Waals surface area contributed by atoms with Crippen molar-refractivity contribution in [3.05, 3.63) is 28.2 Å². The van der Waals surface area contributed by atoms with Gasteiger partial charge in [-0.1, -0.05) is 23.2 Å². The summed E-state index contributed by atoms with van der Waals surface area (Å²) in [4.78, 5) is 16.3. The van der Waals surface area contributed by atoms with Crippen molar-refractivity contribution < 1.29 is 15.0 Å². The Hall–Kier alpha value is -0.850. The van der Waals surface area contributed by atoms with Crippen molar-refractivity contribution in [3.63, 3.8) is 0 Å². The molecule has 0 saturated carbocycles. The summed E-state index contributed by atoms with van der Waals surface area (Å²) in [6.45, 7) is 0.933. The average molecular weight is 345 g/mol. The Morgan fingerprint density at radius 3 is 2.77 bits per heavy atom. The molecular weight excluding hydrogens is 327 g/mol.